The summed E-state index contributed by atoms with van der Waals surface area (Å²) in [5.41, 5.74) is 2.28. The summed E-state index contributed by atoms with van der Waals surface area (Å²) in [6.45, 7) is 6.28. The van der Waals surface area contributed by atoms with Crippen LogP contribution in [0.5, 0.6) is 5.75 Å². The van der Waals surface area contributed by atoms with Crippen LogP contribution in [0.4, 0.5) is 5.82 Å². The predicted octanol–water partition coefficient (Wildman–Crippen LogP) is 1.50. The first-order valence-electron chi connectivity index (χ1n) is 6.81. The van der Waals surface area contributed by atoms with Gasteiger partial charge >= 0.3 is 0 Å². The minimum atomic E-state index is 0.0316. The second kappa shape index (κ2) is 5.25. The third-order valence-corrected chi connectivity index (χ3v) is 3.70. The van der Waals surface area contributed by atoms with Crippen LogP contribution >= 0.6 is 0 Å². The molecule has 0 atom stereocenters. The summed E-state index contributed by atoms with van der Waals surface area (Å²) >= 11 is 0. The standard InChI is InChI=1S/C14H17N5O2/c1-8(9(2)15)10-11-12(21-13(10)16)14(18-7-17-11)19-3-5-20-6-4-19/h7,15-16H,3-6H2,1-2H3/b10-8-,15-9?,16-13?. The number of anilines is 1. The Hall–Kier alpha value is -2.28. The summed E-state index contributed by atoms with van der Waals surface area (Å²) < 4.78 is 10.9. The Morgan fingerprint density at radius 3 is 2.62 bits per heavy atom. The van der Waals surface area contributed by atoms with Crippen LogP contribution in [0.2, 0.25) is 0 Å². The Morgan fingerprint density at radius 1 is 1.24 bits per heavy atom. The largest absolute Gasteiger partial charge is 0.433 e. The molecule has 3 rings (SSSR count). The summed E-state index contributed by atoms with van der Waals surface area (Å²) in [6.07, 6.45) is 1.48. The van der Waals surface area contributed by atoms with E-state index >= 15 is 0 Å². The molecular weight excluding hydrogens is 270 g/mol. The fourth-order valence-electron chi connectivity index (χ4n) is 2.43. The molecule has 2 N–H and O–H groups in total. The highest BCUT2D eigenvalue weighted by molar-refractivity contribution is 6.28. The molecule has 1 fully saturated rings. The van der Waals surface area contributed by atoms with E-state index in [2.05, 4.69) is 14.9 Å². The Morgan fingerprint density at radius 2 is 1.95 bits per heavy atom. The quantitative estimate of drug-likeness (QED) is 0.804. The lowest BCUT2D eigenvalue weighted by molar-refractivity contribution is 0.122. The first kappa shape index (κ1) is 13.7. The van der Waals surface area contributed by atoms with Crippen LogP contribution in [0.3, 0.4) is 0 Å². The second-order valence-corrected chi connectivity index (χ2v) is 5.03. The number of allylic oxidation sites excluding steroid dienone is 1. The van der Waals surface area contributed by atoms with E-state index in [0.717, 1.165) is 13.1 Å². The Balaban J connectivity index is 2.09. The van der Waals surface area contributed by atoms with Crippen LogP contribution in [0, 0.1) is 10.8 Å². The van der Waals surface area contributed by atoms with E-state index < -0.39 is 0 Å². The predicted molar refractivity (Wildman–Crippen MR) is 79.4 cm³/mol. The maximum Gasteiger partial charge on any atom is 0.222 e. The molecule has 21 heavy (non-hydrogen) atoms. The molecule has 1 aromatic rings. The zero-order chi connectivity index (χ0) is 15.0. The molecule has 3 heterocycles. The van der Waals surface area contributed by atoms with Crippen LogP contribution in [0.15, 0.2) is 11.9 Å². The first-order valence-corrected chi connectivity index (χ1v) is 6.81. The molecular formula is C14H17N5O2. The normalized spacial score (nSPS) is 20.1. The van der Waals surface area contributed by atoms with Gasteiger partial charge in [-0.15, -0.1) is 0 Å². The van der Waals surface area contributed by atoms with Gasteiger partial charge < -0.3 is 19.8 Å². The minimum absolute atomic E-state index is 0.0316. The van der Waals surface area contributed by atoms with Crippen molar-refractivity contribution in [2.75, 3.05) is 31.2 Å². The molecule has 1 saturated heterocycles. The van der Waals surface area contributed by atoms with Gasteiger partial charge in [0.1, 0.15) is 12.0 Å². The van der Waals surface area contributed by atoms with Crippen molar-refractivity contribution >= 4 is 23.0 Å². The molecule has 110 valence electrons. The average Bonchev–Trinajstić information content (AvgIpc) is 2.83. The zero-order valence-electron chi connectivity index (χ0n) is 12.1. The maximum atomic E-state index is 8.04. The van der Waals surface area contributed by atoms with E-state index in [1.54, 1.807) is 13.8 Å². The van der Waals surface area contributed by atoms with Crippen LogP contribution in [0.1, 0.15) is 19.5 Å². The van der Waals surface area contributed by atoms with E-state index in [4.69, 9.17) is 20.3 Å². The summed E-state index contributed by atoms with van der Waals surface area (Å²) in [5.74, 6) is 1.24. The van der Waals surface area contributed by atoms with Crippen molar-refractivity contribution in [3.05, 3.63) is 17.6 Å². The molecule has 7 nitrogen and oxygen atoms in total. The van der Waals surface area contributed by atoms with Crippen molar-refractivity contribution in [3.63, 3.8) is 0 Å². The number of aromatic nitrogens is 2. The molecule has 0 saturated carbocycles. The van der Waals surface area contributed by atoms with Crippen molar-refractivity contribution in [2.24, 2.45) is 0 Å². The lowest BCUT2D eigenvalue weighted by atomic mass is 10.0. The molecule has 2 aliphatic rings. The van der Waals surface area contributed by atoms with Gasteiger partial charge in [0.25, 0.3) is 0 Å². The summed E-state index contributed by atoms with van der Waals surface area (Å²) in [6, 6.07) is 0. The Bertz CT molecular complexity index is 647. The number of nitrogens with zero attached hydrogens (tertiary/aromatic N) is 3. The van der Waals surface area contributed by atoms with Gasteiger partial charge in [0.2, 0.25) is 5.90 Å². The number of ether oxygens (including phenoxy) is 2. The van der Waals surface area contributed by atoms with Gasteiger partial charge in [-0.3, -0.25) is 5.41 Å². The Kier molecular flexibility index (Phi) is 3.42. The highest BCUT2D eigenvalue weighted by atomic mass is 16.5. The van der Waals surface area contributed by atoms with Crippen molar-refractivity contribution in [1.29, 1.82) is 10.8 Å². The fourth-order valence-corrected chi connectivity index (χ4v) is 2.43. The van der Waals surface area contributed by atoms with Gasteiger partial charge in [0.05, 0.1) is 18.8 Å². The molecule has 2 aliphatic heterocycles. The fraction of sp³-hybridized carbons (Fsp3) is 0.429. The number of hydrogen-bond donors (Lipinski definition) is 2. The van der Waals surface area contributed by atoms with Crippen molar-refractivity contribution < 1.29 is 9.47 Å². The van der Waals surface area contributed by atoms with Crippen LogP contribution < -0.4 is 9.64 Å². The molecule has 0 aromatic carbocycles. The highest BCUT2D eigenvalue weighted by Gasteiger charge is 2.33. The number of fused-ring (bicyclic) bond motifs is 1. The van der Waals surface area contributed by atoms with Gasteiger partial charge in [0, 0.05) is 18.8 Å². The SMILES string of the molecule is CC(=N)/C(C)=C1\C(=N)Oc2c1ncnc2N1CCOCC1. The first-order chi connectivity index (χ1) is 10.1. The lowest BCUT2D eigenvalue weighted by Gasteiger charge is -2.28. The average molecular weight is 287 g/mol. The van der Waals surface area contributed by atoms with Crippen molar-refractivity contribution in [1.82, 2.24) is 9.97 Å². The maximum absolute atomic E-state index is 8.04. The highest BCUT2D eigenvalue weighted by Crippen LogP contribution is 2.40. The van der Waals surface area contributed by atoms with Gasteiger partial charge in [0.15, 0.2) is 11.6 Å². The van der Waals surface area contributed by atoms with E-state index in [1.165, 1.54) is 6.33 Å². The van der Waals surface area contributed by atoms with Gasteiger partial charge in [-0.1, -0.05) is 0 Å². The van der Waals surface area contributed by atoms with Crippen LogP contribution in [-0.4, -0.2) is 47.9 Å². The molecule has 0 radical (unpaired) electrons. The monoisotopic (exact) mass is 287 g/mol. The minimum Gasteiger partial charge on any atom is -0.433 e. The molecule has 0 spiro atoms. The zero-order valence-corrected chi connectivity index (χ0v) is 12.1. The lowest BCUT2D eigenvalue weighted by Crippen LogP contribution is -2.37. The van der Waals surface area contributed by atoms with Gasteiger partial charge in [-0.25, -0.2) is 9.97 Å². The summed E-state index contributed by atoms with van der Waals surface area (Å²) in [7, 11) is 0. The van der Waals surface area contributed by atoms with Crippen molar-refractivity contribution in [2.45, 2.75) is 13.8 Å². The molecule has 0 amide bonds. The molecule has 1 aromatic heterocycles. The number of hydrogen-bond acceptors (Lipinski definition) is 7. The third kappa shape index (κ3) is 2.29. The molecule has 0 bridgehead atoms. The van der Waals surface area contributed by atoms with Crippen LogP contribution in [-0.2, 0) is 4.74 Å². The topological polar surface area (TPSA) is 95.2 Å². The molecule has 0 aliphatic carbocycles. The van der Waals surface area contributed by atoms with E-state index in [1.807, 2.05) is 0 Å². The number of nitrogens with one attached hydrogen (secondary N) is 2. The second-order valence-electron chi connectivity index (χ2n) is 5.03. The summed E-state index contributed by atoms with van der Waals surface area (Å²) in [5, 5.41) is 15.8. The van der Waals surface area contributed by atoms with E-state index in [-0.39, 0.29) is 5.90 Å². The van der Waals surface area contributed by atoms with Gasteiger partial charge in [-0.05, 0) is 19.4 Å². The third-order valence-electron chi connectivity index (χ3n) is 3.70. The van der Waals surface area contributed by atoms with E-state index in [0.29, 0.717) is 47.3 Å². The Labute approximate surface area is 122 Å². The van der Waals surface area contributed by atoms with Gasteiger partial charge in [-0.2, -0.15) is 0 Å². The molecule has 7 heteroatoms. The van der Waals surface area contributed by atoms with E-state index in [9.17, 15) is 0 Å². The molecule has 0 unspecified atom stereocenters. The smallest absolute Gasteiger partial charge is 0.222 e. The van der Waals surface area contributed by atoms with Crippen LogP contribution in [0.25, 0.3) is 5.57 Å². The number of rotatable bonds is 2. The summed E-state index contributed by atoms with van der Waals surface area (Å²) in [4.78, 5) is 10.6. The number of morpholine rings is 1. The van der Waals surface area contributed by atoms with Crippen molar-refractivity contribution in [3.8, 4) is 5.75 Å².